The molecule has 8 heteroatoms. The lowest BCUT2D eigenvalue weighted by Crippen LogP contribution is -2.28. The first-order valence-electron chi connectivity index (χ1n) is 8.41. The molecule has 0 aliphatic heterocycles. The van der Waals surface area contributed by atoms with Crippen LogP contribution in [-0.2, 0) is 4.74 Å². The van der Waals surface area contributed by atoms with Gasteiger partial charge in [0.15, 0.2) is 23.1 Å². The Balaban J connectivity index is 2.19. The van der Waals surface area contributed by atoms with Gasteiger partial charge in [-0.2, -0.15) is 0 Å². The number of rotatable bonds is 6. The van der Waals surface area contributed by atoms with E-state index in [2.05, 4.69) is 21.9 Å². The largest absolute Gasteiger partial charge is 0.492 e. The third kappa shape index (κ3) is 3.60. The van der Waals surface area contributed by atoms with Crippen molar-refractivity contribution in [2.45, 2.75) is 25.3 Å². The molecular formula is C19H19ClFN3O3. The second-order valence-electron chi connectivity index (χ2n) is 6.07. The molecule has 1 N–H and O–H groups in total. The summed E-state index contributed by atoms with van der Waals surface area (Å²) < 4.78 is 24.7. The summed E-state index contributed by atoms with van der Waals surface area (Å²) in [5.41, 5.74) is 0.486. The third-order valence-corrected chi connectivity index (χ3v) is 4.77. The number of carbonyl (C=O) groups is 1. The van der Waals surface area contributed by atoms with Gasteiger partial charge >= 0.3 is 5.97 Å². The number of carbonyl (C=O) groups excluding carboxylic acids is 1. The summed E-state index contributed by atoms with van der Waals surface area (Å²) in [5, 5.41) is 3.40. The van der Waals surface area contributed by atoms with Crippen LogP contribution in [0.15, 0.2) is 18.7 Å². The van der Waals surface area contributed by atoms with Gasteiger partial charge in [0.1, 0.15) is 5.82 Å². The summed E-state index contributed by atoms with van der Waals surface area (Å²) in [5.74, 6) is -1.05. The Morgan fingerprint density at radius 2 is 2.11 bits per heavy atom. The van der Waals surface area contributed by atoms with Crippen molar-refractivity contribution >= 4 is 29.5 Å². The minimum absolute atomic E-state index is 0.00707. The van der Waals surface area contributed by atoms with Gasteiger partial charge in [-0.05, 0) is 31.4 Å². The van der Waals surface area contributed by atoms with E-state index in [0.29, 0.717) is 11.4 Å². The Bertz CT molecular complexity index is 900. The number of nitrogens with zero attached hydrogens (tertiary/aromatic N) is 2. The maximum Gasteiger partial charge on any atom is 0.357 e. The highest BCUT2D eigenvalue weighted by Gasteiger charge is 2.25. The first-order valence-corrected chi connectivity index (χ1v) is 8.79. The molecule has 2 aromatic rings. The van der Waals surface area contributed by atoms with E-state index >= 15 is 0 Å². The van der Waals surface area contributed by atoms with Gasteiger partial charge in [-0.15, -0.1) is 0 Å². The summed E-state index contributed by atoms with van der Waals surface area (Å²) in [7, 11) is 2.57. The number of nitrogens with one attached hydrogen (secondary N) is 1. The molecule has 1 aromatic carbocycles. The molecular weight excluding hydrogens is 373 g/mol. The Morgan fingerprint density at radius 1 is 1.37 bits per heavy atom. The van der Waals surface area contributed by atoms with Crippen molar-refractivity contribution in [3.63, 3.8) is 0 Å². The van der Waals surface area contributed by atoms with Gasteiger partial charge in [0, 0.05) is 11.6 Å². The van der Waals surface area contributed by atoms with Crippen molar-refractivity contribution in [2.24, 2.45) is 0 Å². The zero-order valence-electron chi connectivity index (χ0n) is 15.0. The standard InChI is InChI=1S/C19H19ClFN3O3/c1-4-11-15(19(25)27-3)23-18(24-17(11)22-10-6-5-7-10)12-8-9-13(20)16(26-2)14(12)21/h4,8-10H,1,5-7H2,2-3H3,(H,22,23,24). The lowest BCUT2D eigenvalue weighted by atomic mass is 9.93. The molecule has 1 aromatic heterocycles. The van der Waals surface area contributed by atoms with Crippen LogP contribution in [0.3, 0.4) is 0 Å². The van der Waals surface area contributed by atoms with Gasteiger partial charge in [-0.1, -0.05) is 24.3 Å². The van der Waals surface area contributed by atoms with Crippen molar-refractivity contribution in [3.05, 3.63) is 40.8 Å². The molecule has 0 amide bonds. The first-order chi connectivity index (χ1) is 13.0. The molecule has 1 aliphatic rings. The van der Waals surface area contributed by atoms with Crippen LogP contribution in [-0.4, -0.2) is 36.2 Å². The number of benzene rings is 1. The highest BCUT2D eigenvalue weighted by molar-refractivity contribution is 6.32. The van der Waals surface area contributed by atoms with Crippen molar-refractivity contribution in [1.82, 2.24) is 9.97 Å². The Kier molecular flexibility index (Phi) is 5.60. The highest BCUT2D eigenvalue weighted by Crippen LogP contribution is 2.35. The number of methoxy groups -OCH3 is 2. The summed E-state index contributed by atoms with van der Waals surface area (Å²) in [6.07, 6.45) is 4.58. The highest BCUT2D eigenvalue weighted by atomic mass is 35.5. The van der Waals surface area contributed by atoms with E-state index in [0.717, 1.165) is 19.3 Å². The predicted octanol–water partition coefficient (Wildman–Crippen LogP) is 4.34. The van der Waals surface area contributed by atoms with E-state index < -0.39 is 11.8 Å². The molecule has 0 bridgehead atoms. The van der Waals surface area contributed by atoms with Crippen LogP contribution in [0.25, 0.3) is 17.5 Å². The van der Waals surface area contributed by atoms with Gasteiger partial charge in [0.25, 0.3) is 0 Å². The normalized spacial score (nSPS) is 13.6. The molecule has 1 saturated carbocycles. The monoisotopic (exact) mass is 391 g/mol. The zero-order valence-corrected chi connectivity index (χ0v) is 15.8. The fourth-order valence-electron chi connectivity index (χ4n) is 2.78. The van der Waals surface area contributed by atoms with Crippen molar-refractivity contribution in [3.8, 4) is 17.1 Å². The van der Waals surface area contributed by atoms with Crippen LogP contribution in [0.5, 0.6) is 5.75 Å². The van der Waals surface area contributed by atoms with Gasteiger partial charge in [0.05, 0.1) is 24.8 Å². The number of aromatic nitrogens is 2. The minimum atomic E-state index is -0.707. The van der Waals surface area contributed by atoms with E-state index in [1.165, 1.54) is 32.4 Å². The van der Waals surface area contributed by atoms with Crippen LogP contribution >= 0.6 is 11.6 Å². The van der Waals surface area contributed by atoms with E-state index in [4.69, 9.17) is 21.1 Å². The second kappa shape index (κ2) is 7.92. The average molecular weight is 392 g/mol. The van der Waals surface area contributed by atoms with Crippen molar-refractivity contribution < 1.29 is 18.7 Å². The number of anilines is 1. The molecule has 6 nitrogen and oxygen atoms in total. The van der Waals surface area contributed by atoms with Gasteiger partial charge < -0.3 is 14.8 Å². The molecule has 3 rings (SSSR count). The van der Waals surface area contributed by atoms with E-state index in [-0.39, 0.29) is 33.9 Å². The SMILES string of the molecule is C=Cc1c(NC2CCC2)nc(-c2ccc(Cl)c(OC)c2F)nc1C(=O)OC. The van der Waals surface area contributed by atoms with E-state index in [1.807, 2.05) is 0 Å². The molecule has 0 unspecified atom stereocenters. The third-order valence-electron chi connectivity index (χ3n) is 4.47. The van der Waals surface area contributed by atoms with Crippen molar-refractivity contribution in [2.75, 3.05) is 19.5 Å². The molecule has 0 spiro atoms. The van der Waals surface area contributed by atoms with Crippen LogP contribution < -0.4 is 10.1 Å². The molecule has 142 valence electrons. The van der Waals surface area contributed by atoms with Gasteiger partial charge in [-0.25, -0.2) is 19.2 Å². The molecule has 1 aliphatic carbocycles. The fraction of sp³-hybridized carbons (Fsp3) is 0.316. The quantitative estimate of drug-likeness (QED) is 0.738. The average Bonchev–Trinajstić information content (AvgIpc) is 2.63. The Morgan fingerprint density at radius 3 is 2.67 bits per heavy atom. The molecule has 1 fully saturated rings. The van der Waals surface area contributed by atoms with Crippen LogP contribution in [0, 0.1) is 5.82 Å². The minimum Gasteiger partial charge on any atom is -0.492 e. The van der Waals surface area contributed by atoms with Crippen LogP contribution in [0.4, 0.5) is 10.2 Å². The van der Waals surface area contributed by atoms with Crippen LogP contribution in [0.2, 0.25) is 5.02 Å². The first kappa shape index (κ1) is 19.1. The molecule has 27 heavy (non-hydrogen) atoms. The summed E-state index contributed by atoms with van der Waals surface area (Å²) in [4.78, 5) is 20.9. The Hall–Kier alpha value is -2.67. The maximum absolute atomic E-state index is 14.8. The summed E-state index contributed by atoms with van der Waals surface area (Å²) >= 11 is 5.96. The lowest BCUT2D eigenvalue weighted by molar-refractivity contribution is 0.0593. The number of hydrogen-bond donors (Lipinski definition) is 1. The molecule has 0 saturated heterocycles. The number of esters is 1. The topological polar surface area (TPSA) is 73.3 Å². The fourth-order valence-corrected chi connectivity index (χ4v) is 3.01. The predicted molar refractivity (Wildman–Crippen MR) is 102 cm³/mol. The molecule has 0 atom stereocenters. The lowest BCUT2D eigenvalue weighted by Gasteiger charge is -2.28. The smallest absolute Gasteiger partial charge is 0.357 e. The van der Waals surface area contributed by atoms with Crippen molar-refractivity contribution in [1.29, 1.82) is 0 Å². The van der Waals surface area contributed by atoms with E-state index in [9.17, 15) is 9.18 Å². The van der Waals surface area contributed by atoms with Gasteiger partial charge in [0.2, 0.25) is 0 Å². The van der Waals surface area contributed by atoms with Gasteiger partial charge in [-0.3, -0.25) is 0 Å². The maximum atomic E-state index is 14.8. The Labute approximate surface area is 161 Å². The summed E-state index contributed by atoms with van der Waals surface area (Å²) in [6.45, 7) is 3.74. The molecule has 0 radical (unpaired) electrons. The molecule has 1 heterocycles. The van der Waals surface area contributed by atoms with Crippen LogP contribution in [0.1, 0.15) is 35.3 Å². The number of ether oxygens (including phenoxy) is 2. The zero-order chi connectivity index (χ0) is 19.6. The number of hydrogen-bond acceptors (Lipinski definition) is 6. The summed E-state index contributed by atoms with van der Waals surface area (Å²) in [6, 6.07) is 3.17. The van der Waals surface area contributed by atoms with E-state index in [1.54, 1.807) is 0 Å². The number of halogens is 2. The second-order valence-corrected chi connectivity index (χ2v) is 6.48.